The van der Waals surface area contributed by atoms with Crippen molar-refractivity contribution in [3.8, 4) is 0 Å². The Hall–Kier alpha value is -3.26. The van der Waals surface area contributed by atoms with Crippen LogP contribution in [0.1, 0.15) is 192 Å². The highest BCUT2D eigenvalue weighted by atomic mass is 79.9. The third kappa shape index (κ3) is 26.6. The number of unbranched alkanes of at least 4 members (excludes halogenated alkanes) is 18. The van der Waals surface area contributed by atoms with Gasteiger partial charge in [0.15, 0.2) is 12.4 Å². The fourth-order valence-electron chi connectivity index (χ4n) is 8.36. The normalized spacial score (nSPS) is 10.8. The van der Waals surface area contributed by atoms with E-state index in [2.05, 4.69) is 182 Å². The van der Waals surface area contributed by atoms with Crippen molar-refractivity contribution in [2.75, 3.05) is 36.0 Å². The number of hydrogen-bond acceptors (Lipinski definition) is 2. The topological polar surface area (TPSA) is 45.7 Å². The maximum atomic E-state index is 2.39. The lowest BCUT2D eigenvalue weighted by molar-refractivity contribution is -0.699. The number of benzene rings is 2. The summed E-state index contributed by atoms with van der Waals surface area (Å²) in [5, 5.41) is 0. The Morgan fingerprint density at radius 2 is 0.646 bits per heavy atom. The van der Waals surface area contributed by atoms with Crippen molar-refractivity contribution in [1.82, 2.24) is 0 Å². The van der Waals surface area contributed by atoms with Crippen LogP contribution in [0.3, 0.4) is 0 Å². The van der Waals surface area contributed by atoms with Gasteiger partial charge in [-0.2, -0.15) is 9.13 Å². The Morgan fingerprint density at radius 3 is 0.938 bits per heavy atom. The van der Waals surface area contributed by atoms with Crippen molar-refractivity contribution in [3.05, 3.63) is 120 Å². The molecule has 0 aliphatic rings. The molecule has 0 unspecified atom stereocenters. The molecule has 2 heterocycles. The van der Waals surface area contributed by atoms with E-state index in [0.717, 1.165) is 39.3 Å². The zero-order chi connectivity index (χ0) is 44.3. The van der Waals surface area contributed by atoms with Crippen LogP contribution in [0.25, 0.3) is 24.3 Å². The SMILES string of the molecule is CCCCCCCCCCCC[n+]1ccccc1C=Cc1ccc(N(CC)CC)cc1.CCCCCCCCCCCC[n+]1ccccc1C=Cc1ccc(N(CC)CC)cc1.O.[Br-].[Br-]. The first-order valence-electron chi connectivity index (χ1n) is 25.6. The molecule has 0 atom stereocenters. The van der Waals surface area contributed by atoms with Crippen LogP contribution in [0.4, 0.5) is 11.4 Å². The molecule has 0 spiro atoms. The molecule has 0 aliphatic carbocycles. The van der Waals surface area contributed by atoms with E-state index in [0.29, 0.717) is 0 Å². The molecule has 364 valence electrons. The molecule has 0 bridgehead atoms. The van der Waals surface area contributed by atoms with Crippen molar-refractivity contribution in [2.45, 2.75) is 183 Å². The van der Waals surface area contributed by atoms with E-state index in [9.17, 15) is 0 Å². The molecule has 7 heteroatoms. The number of nitrogens with zero attached hydrogens (tertiary/aromatic N) is 4. The van der Waals surface area contributed by atoms with Gasteiger partial charge in [-0.3, -0.25) is 0 Å². The van der Waals surface area contributed by atoms with Gasteiger partial charge in [-0.1, -0.05) is 141 Å². The summed E-state index contributed by atoms with van der Waals surface area (Å²) in [5.41, 5.74) is 7.68. The lowest BCUT2D eigenvalue weighted by atomic mass is 10.1. The van der Waals surface area contributed by atoms with Crippen molar-refractivity contribution in [2.24, 2.45) is 0 Å². The van der Waals surface area contributed by atoms with E-state index in [1.54, 1.807) is 0 Å². The molecule has 0 fully saturated rings. The highest BCUT2D eigenvalue weighted by Crippen LogP contribution is 2.18. The van der Waals surface area contributed by atoms with E-state index in [1.807, 2.05) is 0 Å². The maximum Gasteiger partial charge on any atom is 0.205 e. The summed E-state index contributed by atoms with van der Waals surface area (Å²) >= 11 is 0. The predicted octanol–water partition coefficient (Wildman–Crippen LogP) is 9.01. The summed E-state index contributed by atoms with van der Waals surface area (Å²) in [5.74, 6) is 0. The van der Waals surface area contributed by atoms with Gasteiger partial charge >= 0.3 is 0 Å². The molecular weight excluding hydrogens is 928 g/mol. The lowest BCUT2D eigenvalue weighted by Gasteiger charge is -2.20. The molecule has 2 N–H and O–H groups in total. The summed E-state index contributed by atoms with van der Waals surface area (Å²) in [4.78, 5) is 4.76. The van der Waals surface area contributed by atoms with E-state index in [1.165, 1.54) is 162 Å². The molecule has 2 aromatic carbocycles. The highest BCUT2D eigenvalue weighted by Gasteiger charge is 2.08. The fraction of sp³-hybridized carbons (Fsp3) is 0.552. The van der Waals surface area contributed by atoms with E-state index >= 15 is 0 Å². The molecule has 0 aliphatic heterocycles. The minimum absolute atomic E-state index is 0. The van der Waals surface area contributed by atoms with Crippen LogP contribution in [-0.4, -0.2) is 31.7 Å². The van der Waals surface area contributed by atoms with Gasteiger partial charge in [-0.25, -0.2) is 0 Å². The Kier molecular flexibility index (Phi) is 38.9. The fourth-order valence-corrected chi connectivity index (χ4v) is 8.36. The third-order valence-electron chi connectivity index (χ3n) is 12.4. The van der Waals surface area contributed by atoms with Gasteiger partial charge in [-0.05, 0) is 100 Å². The van der Waals surface area contributed by atoms with Crippen LogP contribution in [0.15, 0.2) is 97.3 Å². The van der Waals surface area contributed by atoms with E-state index in [-0.39, 0.29) is 39.4 Å². The number of halogens is 2. The van der Waals surface area contributed by atoms with Gasteiger partial charge in [0.25, 0.3) is 0 Å². The van der Waals surface area contributed by atoms with Crippen LogP contribution in [-0.2, 0) is 13.1 Å². The molecule has 2 aromatic heterocycles. The average molecular weight is 1020 g/mol. The second kappa shape index (κ2) is 41.0. The van der Waals surface area contributed by atoms with Gasteiger partial charge in [0.1, 0.15) is 13.1 Å². The van der Waals surface area contributed by atoms with Crippen LogP contribution < -0.4 is 52.9 Å². The minimum atomic E-state index is 0. The molecule has 0 saturated heterocycles. The summed E-state index contributed by atoms with van der Waals surface area (Å²) in [6.45, 7) is 19.8. The zero-order valence-corrected chi connectivity index (χ0v) is 45.1. The Labute approximate surface area is 420 Å². The number of pyridine rings is 2. The largest absolute Gasteiger partial charge is 1.00 e. The number of hydrogen-bond donors (Lipinski definition) is 0. The zero-order valence-electron chi connectivity index (χ0n) is 42.0. The van der Waals surface area contributed by atoms with Crippen molar-refractivity contribution >= 4 is 35.7 Å². The van der Waals surface area contributed by atoms with Gasteiger partial charge < -0.3 is 49.2 Å². The van der Waals surface area contributed by atoms with E-state index in [4.69, 9.17) is 0 Å². The first kappa shape index (κ1) is 61.7. The number of anilines is 2. The number of rotatable bonds is 32. The van der Waals surface area contributed by atoms with Gasteiger partial charge in [-0.15, -0.1) is 0 Å². The van der Waals surface area contributed by atoms with Crippen molar-refractivity contribution in [1.29, 1.82) is 0 Å². The van der Waals surface area contributed by atoms with Gasteiger partial charge in [0, 0.05) is 86.8 Å². The van der Waals surface area contributed by atoms with Gasteiger partial charge in [0.05, 0.1) is 0 Å². The van der Waals surface area contributed by atoms with Crippen molar-refractivity contribution in [3.63, 3.8) is 0 Å². The highest BCUT2D eigenvalue weighted by molar-refractivity contribution is 5.69. The van der Waals surface area contributed by atoms with Crippen LogP contribution in [0.5, 0.6) is 0 Å². The summed E-state index contributed by atoms with van der Waals surface area (Å²) < 4.78 is 4.79. The third-order valence-corrected chi connectivity index (χ3v) is 12.4. The maximum absolute atomic E-state index is 2.39. The van der Waals surface area contributed by atoms with Crippen LogP contribution in [0.2, 0.25) is 0 Å². The molecule has 4 aromatic rings. The van der Waals surface area contributed by atoms with Gasteiger partial charge in [0.2, 0.25) is 11.4 Å². The number of aromatic nitrogens is 2. The predicted molar refractivity (Wildman–Crippen MR) is 278 cm³/mol. The monoisotopic (exact) mass is 1020 g/mol. The molecule has 0 amide bonds. The smallest absolute Gasteiger partial charge is 0.205 e. The second-order valence-electron chi connectivity index (χ2n) is 17.2. The average Bonchev–Trinajstić information content (AvgIpc) is 3.31. The van der Waals surface area contributed by atoms with E-state index < -0.39 is 0 Å². The lowest BCUT2D eigenvalue weighted by Crippen LogP contribution is -3.00. The van der Waals surface area contributed by atoms with Crippen LogP contribution >= 0.6 is 0 Å². The summed E-state index contributed by atoms with van der Waals surface area (Å²) in [6.07, 6.45) is 41.1. The molecule has 5 nitrogen and oxygen atoms in total. The Balaban J connectivity index is 0.00000120. The van der Waals surface area contributed by atoms with Crippen molar-refractivity contribution < 1.29 is 48.6 Å². The Morgan fingerprint density at radius 1 is 0.354 bits per heavy atom. The first-order chi connectivity index (χ1) is 30.6. The number of aryl methyl sites for hydroxylation is 2. The molecular formula is C58H92Br2N4O. The quantitative estimate of drug-likeness (QED) is 0.0363. The second-order valence-corrected chi connectivity index (χ2v) is 17.2. The van der Waals surface area contributed by atoms with Crippen LogP contribution in [0, 0.1) is 0 Å². The summed E-state index contributed by atoms with van der Waals surface area (Å²) in [6, 6.07) is 30.8. The summed E-state index contributed by atoms with van der Waals surface area (Å²) in [7, 11) is 0. The Bertz CT molecular complexity index is 1610. The molecule has 0 saturated carbocycles. The standard InChI is InChI=1S/2C29H45N2.2BrH.H2O/c2*1-4-7-8-9-10-11-12-13-14-16-25-31-26-17-15-18-28(31)22-19-27-20-23-29(24-21-27)30(5-2)6-3;;;/h2*15,17-24,26H,4-14,16,25H2,1-3H3;2*1H;1H2/q2*+1;;;/p-2. The molecule has 4 rings (SSSR count). The molecule has 65 heavy (non-hydrogen) atoms. The first-order valence-corrected chi connectivity index (χ1v) is 25.6. The minimum Gasteiger partial charge on any atom is -1.00 e. The molecule has 0 radical (unpaired) electrons.